The van der Waals surface area contributed by atoms with Gasteiger partial charge in [-0.1, -0.05) is 0 Å². The molecule has 0 aromatic carbocycles. The molecule has 4 nitrogen and oxygen atoms in total. The smallest absolute Gasteiger partial charge is 0.254 e. The quantitative estimate of drug-likeness (QED) is 0.870. The second-order valence-electron chi connectivity index (χ2n) is 6.60. The molecule has 1 amide bonds. The molecule has 2 aromatic rings. The van der Waals surface area contributed by atoms with Crippen LogP contribution in [0.1, 0.15) is 28.8 Å². The van der Waals surface area contributed by atoms with E-state index in [2.05, 4.69) is 31.6 Å². The summed E-state index contributed by atoms with van der Waals surface area (Å²) in [6.07, 6.45) is 5.84. The number of nitrogens with zero attached hydrogens (tertiary/aromatic N) is 3. The number of hydrogen-bond acceptors (Lipinski definition) is 4. The molecule has 5 heterocycles. The van der Waals surface area contributed by atoms with E-state index in [0.717, 1.165) is 31.7 Å². The maximum atomic E-state index is 12.8. The van der Waals surface area contributed by atoms with Crippen LogP contribution in [0.15, 0.2) is 41.4 Å². The highest BCUT2D eigenvalue weighted by atomic mass is 32.1. The molecule has 2 atom stereocenters. The molecule has 5 rings (SSSR count). The Labute approximate surface area is 140 Å². The first-order valence-electron chi connectivity index (χ1n) is 8.24. The highest BCUT2D eigenvalue weighted by molar-refractivity contribution is 7.07. The van der Waals surface area contributed by atoms with Gasteiger partial charge in [0.2, 0.25) is 0 Å². The van der Waals surface area contributed by atoms with Crippen LogP contribution >= 0.6 is 11.3 Å². The summed E-state index contributed by atoms with van der Waals surface area (Å²) < 4.78 is 0. The van der Waals surface area contributed by atoms with Crippen molar-refractivity contribution >= 4 is 17.2 Å². The molecule has 0 spiro atoms. The van der Waals surface area contributed by atoms with Gasteiger partial charge in [-0.15, -0.1) is 0 Å². The Hall–Kier alpha value is -1.72. The predicted octanol–water partition coefficient (Wildman–Crippen LogP) is 2.88. The van der Waals surface area contributed by atoms with Crippen molar-refractivity contribution in [2.75, 3.05) is 19.6 Å². The summed E-state index contributed by atoms with van der Waals surface area (Å²) in [4.78, 5) is 21.4. The van der Waals surface area contributed by atoms with Gasteiger partial charge in [0, 0.05) is 50.2 Å². The van der Waals surface area contributed by atoms with E-state index in [1.807, 2.05) is 12.1 Å². The summed E-state index contributed by atoms with van der Waals surface area (Å²) in [5, 5.41) is 4.38. The fourth-order valence-electron chi connectivity index (χ4n) is 3.83. The summed E-state index contributed by atoms with van der Waals surface area (Å²) in [6.45, 7) is 3.86. The van der Waals surface area contributed by atoms with Gasteiger partial charge in [0.15, 0.2) is 0 Å². The molecule has 0 radical (unpaired) electrons. The van der Waals surface area contributed by atoms with Crippen molar-refractivity contribution in [3.63, 3.8) is 0 Å². The van der Waals surface area contributed by atoms with E-state index in [1.165, 1.54) is 18.4 Å². The molecular formula is C18H21N3OS. The zero-order chi connectivity index (χ0) is 15.6. The van der Waals surface area contributed by atoms with E-state index >= 15 is 0 Å². The lowest BCUT2D eigenvalue weighted by atomic mass is 9.95. The molecule has 2 aromatic heterocycles. The van der Waals surface area contributed by atoms with E-state index in [9.17, 15) is 4.79 Å². The van der Waals surface area contributed by atoms with E-state index in [4.69, 9.17) is 0 Å². The van der Waals surface area contributed by atoms with Crippen LogP contribution in [0.4, 0.5) is 0 Å². The van der Waals surface area contributed by atoms with E-state index < -0.39 is 0 Å². The highest BCUT2D eigenvalue weighted by Gasteiger charge is 2.36. The Balaban J connectivity index is 1.50. The summed E-state index contributed by atoms with van der Waals surface area (Å²) in [5.41, 5.74) is 2.15. The molecule has 120 valence electrons. The average molecular weight is 327 g/mol. The average Bonchev–Trinajstić information content (AvgIpc) is 2.93. The van der Waals surface area contributed by atoms with Crippen LogP contribution in [0, 0.1) is 5.92 Å². The van der Waals surface area contributed by atoms with Crippen molar-refractivity contribution < 1.29 is 4.79 Å². The van der Waals surface area contributed by atoms with Gasteiger partial charge in [0.1, 0.15) is 0 Å². The fourth-order valence-corrected chi connectivity index (χ4v) is 4.49. The Morgan fingerprint density at radius 3 is 2.83 bits per heavy atom. The number of rotatable bonds is 3. The van der Waals surface area contributed by atoms with Gasteiger partial charge in [0.25, 0.3) is 5.91 Å². The molecule has 3 fully saturated rings. The number of thiophene rings is 1. The molecule has 2 bridgehead atoms. The summed E-state index contributed by atoms with van der Waals surface area (Å²) in [7, 11) is 0. The first-order valence-corrected chi connectivity index (χ1v) is 9.18. The number of piperidine rings is 1. The van der Waals surface area contributed by atoms with Crippen molar-refractivity contribution in [2.45, 2.75) is 25.4 Å². The zero-order valence-electron chi connectivity index (χ0n) is 13.1. The zero-order valence-corrected chi connectivity index (χ0v) is 13.9. The third-order valence-corrected chi connectivity index (χ3v) is 5.74. The minimum absolute atomic E-state index is 0.154. The lowest BCUT2D eigenvalue weighted by molar-refractivity contribution is 0.0736. The van der Waals surface area contributed by atoms with Crippen LogP contribution in [0.2, 0.25) is 0 Å². The third kappa shape index (κ3) is 3.16. The third-order valence-electron chi connectivity index (χ3n) is 5.01. The Morgan fingerprint density at radius 1 is 1.17 bits per heavy atom. The van der Waals surface area contributed by atoms with E-state index in [1.54, 1.807) is 23.7 Å². The topological polar surface area (TPSA) is 36.4 Å². The van der Waals surface area contributed by atoms with Crippen molar-refractivity contribution in [1.82, 2.24) is 14.8 Å². The van der Waals surface area contributed by atoms with Gasteiger partial charge in [-0.2, -0.15) is 11.3 Å². The molecule has 3 aliphatic rings. The largest absolute Gasteiger partial charge is 0.337 e. The van der Waals surface area contributed by atoms with Gasteiger partial charge in [-0.3, -0.25) is 14.7 Å². The monoisotopic (exact) mass is 327 g/mol. The predicted molar refractivity (Wildman–Crippen MR) is 91.4 cm³/mol. The first kappa shape index (κ1) is 14.8. The van der Waals surface area contributed by atoms with Crippen LogP contribution in [-0.4, -0.2) is 46.4 Å². The van der Waals surface area contributed by atoms with Crippen LogP contribution in [-0.2, 0) is 6.54 Å². The normalized spacial score (nSPS) is 24.6. The van der Waals surface area contributed by atoms with Crippen molar-refractivity contribution in [2.24, 2.45) is 5.92 Å². The Morgan fingerprint density at radius 2 is 2.04 bits per heavy atom. The lowest BCUT2D eigenvalue weighted by Crippen LogP contribution is -2.43. The van der Waals surface area contributed by atoms with Crippen LogP contribution in [0.5, 0.6) is 0 Å². The van der Waals surface area contributed by atoms with Gasteiger partial charge in [-0.05, 0) is 53.3 Å². The molecule has 3 aliphatic heterocycles. The maximum Gasteiger partial charge on any atom is 0.254 e. The van der Waals surface area contributed by atoms with Crippen LogP contribution in [0.25, 0.3) is 0 Å². The Bertz CT molecular complexity index is 658. The molecule has 0 N–H and O–H groups in total. The summed E-state index contributed by atoms with van der Waals surface area (Å²) in [5.74, 6) is 0.750. The standard InChI is InChI=1S/C18H21N3OS/c22-18(16-3-6-19-7-4-16)21-10-14-1-2-17(12-21)20(9-14)11-15-5-8-23-13-15/h3-8,13-14,17H,1-2,9-12H2/t14-,17-/m0/s1. The highest BCUT2D eigenvalue weighted by Crippen LogP contribution is 2.30. The number of pyridine rings is 1. The number of aromatic nitrogens is 1. The van der Waals surface area contributed by atoms with Gasteiger partial charge >= 0.3 is 0 Å². The molecular weight excluding hydrogens is 306 g/mol. The molecule has 3 saturated heterocycles. The molecule has 0 aliphatic carbocycles. The maximum absolute atomic E-state index is 12.8. The number of hydrogen-bond donors (Lipinski definition) is 0. The second-order valence-corrected chi connectivity index (χ2v) is 7.38. The Kier molecular flexibility index (Phi) is 4.14. The number of amides is 1. The molecule has 5 heteroatoms. The van der Waals surface area contributed by atoms with Gasteiger partial charge in [-0.25, -0.2) is 0 Å². The van der Waals surface area contributed by atoms with E-state index in [0.29, 0.717) is 12.0 Å². The van der Waals surface area contributed by atoms with Crippen LogP contribution < -0.4 is 0 Å². The molecule has 23 heavy (non-hydrogen) atoms. The minimum Gasteiger partial charge on any atom is -0.337 e. The fraction of sp³-hybridized carbons (Fsp3) is 0.444. The first-order chi connectivity index (χ1) is 11.3. The summed E-state index contributed by atoms with van der Waals surface area (Å²) >= 11 is 1.76. The van der Waals surface area contributed by atoms with Crippen molar-refractivity contribution in [3.8, 4) is 0 Å². The van der Waals surface area contributed by atoms with Gasteiger partial charge in [0.05, 0.1) is 0 Å². The SMILES string of the molecule is O=C(c1ccncc1)N1C[C@H]2CC[C@@H](C1)N(Cc1ccsc1)C2. The number of fused-ring (bicyclic) bond motifs is 4. The lowest BCUT2D eigenvalue weighted by Gasteiger charge is -2.35. The van der Waals surface area contributed by atoms with Crippen molar-refractivity contribution in [1.29, 1.82) is 0 Å². The number of carbonyl (C=O) groups is 1. The van der Waals surface area contributed by atoms with E-state index in [-0.39, 0.29) is 5.91 Å². The van der Waals surface area contributed by atoms with Crippen molar-refractivity contribution in [3.05, 3.63) is 52.5 Å². The van der Waals surface area contributed by atoms with Crippen LogP contribution in [0.3, 0.4) is 0 Å². The molecule has 0 unspecified atom stereocenters. The second kappa shape index (κ2) is 6.42. The molecule has 0 saturated carbocycles. The minimum atomic E-state index is 0.154. The van der Waals surface area contributed by atoms with Gasteiger partial charge < -0.3 is 4.90 Å². The number of carbonyl (C=O) groups excluding carboxylic acids is 1. The summed E-state index contributed by atoms with van der Waals surface area (Å²) in [6, 6.07) is 6.33.